The van der Waals surface area contributed by atoms with Crippen LogP contribution in [-0.4, -0.2) is 40.8 Å². The van der Waals surface area contributed by atoms with Crippen molar-refractivity contribution in [3.05, 3.63) is 34.9 Å². The molecule has 4 heteroatoms. The van der Waals surface area contributed by atoms with Crippen molar-refractivity contribution in [3.8, 4) is 0 Å². The van der Waals surface area contributed by atoms with Gasteiger partial charge in [-0.2, -0.15) is 0 Å². The molecule has 0 aliphatic heterocycles. The van der Waals surface area contributed by atoms with E-state index in [-0.39, 0.29) is 6.61 Å². The van der Waals surface area contributed by atoms with Gasteiger partial charge in [0.2, 0.25) is 0 Å². The minimum atomic E-state index is -0.890. The third kappa shape index (κ3) is 4.13. The van der Waals surface area contributed by atoms with E-state index in [0.29, 0.717) is 18.7 Å². The number of hydrogen-bond donors (Lipinski definition) is 2. The number of carboxylic acid groups (broad SMARTS) is 1. The fourth-order valence-electron chi connectivity index (χ4n) is 1.98. The third-order valence-corrected chi connectivity index (χ3v) is 2.89. The molecule has 0 saturated heterocycles. The molecule has 0 fully saturated rings. The smallest absolute Gasteiger partial charge is 0.335 e. The first-order chi connectivity index (χ1) is 8.58. The largest absolute Gasteiger partial charge is 0.478 e. The predicted molar refractivity (Wildman–Crippen MR) is 70.8 cm³/mol. The lowest BCUT2D eigenvalue weighted by Crippen LogP contribution is -2.27. The summed E-state index contributed by atoms with van der Waals surface area (Å²) < 4.78 is 0. The van der Waals surface area contributed by atoms with Crippen LogP contribution in [0.15, 0.2) is 18.2 Å². The van der Waals surface area contributed by atoms with Gasteiger partial charge in [-0.25, -0.2) is 4.79 Å². The van der Waals surface area contributed by atoms with Gasteiger partial charge in [0, 0.05) is 13.1 Å². The first kappa shape index (κ1) is 14.7. The maximum Gasteiger partial charge on any atom is 0.335 e. The summed E-state index contributed by atoms with van der Waals surface area (Å²) in [6.07, 6.45) is 1.01. The van der Waals surface area contributed by atoms with E-state index in [0.717, 1.165) is 24.1 Å². The Morgan fingerprint density at radius 3 is 2.61 bits per heavy atom. The summed E-state index contributed by atoms with van der Waals surface area (Å²) in [4.78, 5) is 13.2. The lowest BCUT2D eigenvalue weighted by atomic mass is 10.0. The van der Waals surface area contributed by atoms with Crippen molar-refractivity contribution in [2.24, 2.45) is 0 Å². The third-order valence-electron chi connectivity index (χ3n) is 2.89. The zero-order valence-corrected chi connectivity index (χ0v) is 11.0. The number of benzene rings is 1. The van der Waals surface area contributed by atoms with Crippen LogP contribution >= 0.6 is 0 Å². The highest BCUT2D eigenvalue weighted by atomic mass is 16.4. The van der Waals surface area contributed by atoms with Crippen LogP contribution in [-0.2, 0) is 6.54 Å². The molecule has 0 bridgehead atoms. The molecule has 0 unspecified atom stereocenters. The Kier molecular flexibility index (Phi) is 5.82. The van der Waals surface area contributed by atoms with Gasteiger partial charge in [-0.1, -0.05) is 19.1 Å². The maximum absolute atomic E-state index is 11.1. The SMILES string of the molecule is CCCN(CCO)Cc1ccc(C)c(C(=O)O)c1. The second-order valence-corrected chi connectivity index (χ2v) is 4.45. The van der Waals surface area contributed by atoms with E-state index in [1.807, 2.05) is 12.1 Å². The van der Waals surface area contributed by atoms with E-state index in [1.165, 1.54) is 0 Å². The lowest BCUT2D eigenvalue weighted by molar-refractivity contribution is 0.0696. The Morgan fingerprint density at radius 2 is 2.06 bits per heavy atom. The summed E-state index contributed by atoms with van der Waals surface area (Å²) in [7, 11) is 0. The number of nitrogens with zero attached hydrogens (tertiary/aromatic N) is 1. The number of carboxylic acids is 1. The van der Waals surface area contributed by atoms with E-state index in [9.17, 15) is 4.79 Å². The number of aliphatic hydroxyl groups is 1. The molecule has 0 aromatic heterocycles. The van der Waals surface area contributed by atoms with E-state index in [4.69, 9.17) is 10.2 Å². The summed E-state index contributed by atoms with van der Waals surface area (Å²) in [5.41, 5.74) is 2.10. The van der Waals surface area contributed by atoms with Gasteiger partial charge in [-0.05, 0) is 37.1 Å². The molecule has 0 radical (unpaired) electrons. The van der Waals surface area contributed by atoms with Crippen molar-refractivity contribution in [1.29, 1.82) is 0 Å². The number of aryl methyl sites for hydroxylation is 1. The minimum absolute atomic E-state index is 0.123. The first-order valence-electron chi connectivity index (χ1n) is 6.24. The summed E-state index contributed by atoms with van der Waals surface area (Å²) in [5.74, 6) is -0.890. The molecule has 4 nitrogen and oxygen atoms in total. The van der Waals surface area contributed by atoms with Crippen molar-refractivity contribution in [2.75, 3.05) is 19.7 Å². The van der Waals surface area contributed by atoms with Gasteiger partial charge in [0.1, 0.15) is 0 Å². The van der Waals surface area contributed by atoms with Crippen LogP contribution in [0.25, 0.3) is 0 Å². The molecule has 1 aromatic carbocycles. The summed E-state index contributed by atoms with van der Waals surface area (Å²) in [5, 5.41) is 18.1. The highest BCUT2D eigenvalue weighted by Gasteiger charge is 2.10. The average Bonchev–Trinajstić information content (AvgIpc) is 2.32. The number of rotatable bonds is 7. The van der Waals surface area contributed by atoms with E-state index in [1.54, 1.807) is 13.0 Å². The van der Waals surface area contributed by atoms with Crippen molar-refractivity contribution < 1.29 is 15.0 Å². The van der Waals surface area contributed by atoms with Gasteiger partial charge in [0.15, 0.2) is 0 Å². The van der Waals surface area contributed by atoms with Crippen LogP contribution in [0, 0.1) is 6.92 Å². The monoisotopic (exact) mass is 251 g/mol. The Bertz CT molecular complexity index is 398. The second kappa shape index (κ2) is 7.13. The van der Waals surface area contributed by atoms with E-state index in [2.05, 4.69) is 11.8 Å². The van der Waals surface area contributed by atoms with Crippen molar-refractivity contribution >= 4 is 5.97 Å². The predicted octanol–water partition coefficient (Wildman–Crippen LogP) is 1.90. The van der Waals surface area contributed by atoms with Crippen molar-refractivity contribution in [1.82, 2.24) is 4.90 Å². The fraction of sp³-hybridized carbons (Fsp3) is 0.500. The zero-order valence-electron chi connectivity index (χ0n) is 11.0. The molecule has 0 saturated carbocycles. The molecule has 0 aliphatic carbocycles. The van der Waals surface area contributed by atoms with Gasteiger partial charge in [-0.3, -0.25) is 4.90 Å². The van der Waals surface area contributed by atoms with Gasteiger partial charge in [0.25, 0.3) is 0 Å². The van der Waals surface area contributed by atoms with E-state index >= 15 is 0 Å². The molecular formula is C14H21NO3. The molecule has 100 valence electrons. The van der Waals surface area contributed by atoms with Crippen LogP contribution in [0.4, 0.5) is 0 Å². The van der Waals surface area contributed by atoms with Crippen molar-refractivity contribution in [2.45, 2.75) is 26.8 Å². The number of aliphatic hydroxyl groups excluding tert-OH is 1. The fourth-order valence-corrected chi connectivity index (χ4v) is 1.98. The minimum Gasteiger partial charge on any atom is -0.478 e. The van der Waals surface area contributed by atoms with Crippen LogP contribution in [0.5, 0.6) is 0 Å². The van der Waals surface area contributed by atoms with Crippen LogP contribution in [0.3, 0.4) is 0 Å². The average molecular weight is 251 g/mol. The van der Waals surface area contributed by atoms with Gasteiger partial charge in [0.05, 0.1) is 12.2 Å². The molecule has 0 aliphatic rings. The van der Waals surface area contributed by atoms with Crippen LogP contribution in [0.2, 0.25) is 0 Å². The number of aromatic carboxylic acids is 1. The molecule has 0 amide bonds. The summed E-state index contributed by atoms with van der Waals surface area (Å²) >= 11 is 0. The summed E-state index contributed by atoms with van der Waals surface area (Å²) in [6.45, 7) is 6.19. The van der Waals surface area contributed by atoms with Crippen molar-refractivity contribution in [3.63, 3.8) is 0 Å². The van der Waals surface area contributed by atoms with Crippen LogP contribution < -0.4 is 0 Å². The van der Waals surface area contributed by atoms with Gasteiger partial charge in [-0.15, -0.1) is 0 Å². The number of hydrogen-bond acceptors (Lipinski definition) is 3. The Balaban J connectivity index is 2.82. The molecule has 1 rings (SSSR count). The molecule has 2 N–H and O–H groups in total. The van der Waals surface area contributed by atoms with Gasteiger partial charge >= 0.3 is 5.97 Å². The number of carbonyl (C=O) groups is 1. The molecule has 1 aromatic rings. The van der Waals surface area contributed by atoms with Gasteiger partial charge < -0.3 is 10.2 Å². The Labute approximate surface area is 108 Å². The highest BCUT2D eigenvalue weighted by molar-refractivity contribution is 5.89. The molecular weight excluding hydrogens is 230 g/mol. The van der Waals surface area contributed by atoms with Crippen LogP contribution in [0.1, 0.15) is 34.8 Å². The summed E-state index contributed by atoms with van der Waals surface area (Å²) in [6, 6.07) is 5.50. The maximum atomic E-state index is 11.1. The normalized spacial score (nSPS) is 10.9. The molecule has 18 heavy (non-hydrogen) atoms. The quantitative estimate of drug-likeness (QED) is 0.777. The molecule has 0 spiro atoms. The first-order valence-corrected chi connectivity index (χ1v) is 6.24. The molecule has 0 atom stereocenters. The second-order valence-electron chi connectivity index (χ2n) is 4.45. The Hall–Kier alpha value is -1.39. The highest BCUT2D eigenvalue weighted by Crippen LogP contribution is 2.13. The zero-order chi connectivity index (χ0) is 13.5. The standard InChI is InChI=1S/C14H21NO3/c1-3-6-15(7-8-16)10-12-5-4-11(2)13(9-12)14(17)18/h4-5,9,16H,3,6-8,10H2,1-2H3,(H,17,18). The lowest BCUT2D eigenvalue weighted by Gasteiger charge is -2.20. The van der Waals surface area contributed by atoms with E-state index < -0.39 is 5.97 Å². The molecule has 0 heterocycles. The topological polar surface area (TPSA) is 60.8 Å². The Morgan fingerprint density at radius 1 is 1.33 bits per heavy atom.